The molecule has 0 spiro atoms. The van der Waals surface area contributed by atoms with Gasteiger partial charge >= 0.3 is 0 Å². The highest BCUT2D eigenvalue weighted by Crippen LogP contribution is 2.46. The number of aryl methyl sites for hydroxylation is 1. The van der Waals surface area contributed by atoms with Crippen LogP contribution >= 0.6 is 11.6 Å². The normalized spacial score (nSPS) is 16.0. The minimum atomic E-state index is -2.99. The molecule has 0 bridgehead atoms. The van der Waals surface area contributed by atoms with Crippen LogP contribution in [0.15, 0.2) is 41.2 Å². The molecule has 0 amide bonds. The summed E-state index contributed by atoms with van der Waals surface area (Å²) in [4.78, 5) is 36.5. The lowest BCUT2D eigenvalue weighted by Gasteiger charge is -2.33. The SMILES string of the molecule is CCCC(=N)c1c(Cl)ccc(-n2c(C(Cc3cc(F)cc(F)c3)C(C)C)nc3nc(C4(F)CCC(F)(F)CC4)cc(C)c3c2=O)c1NCC(C)=O. The fourth-order valence-corrected chi connectivity index (χ4v) is 7.05. The molecule has 2 heterocycles. The first-order chi connectivity index (χ1) is 23.9. The summed E-state index contributed by atoms with van der Waals surface area (Å²) in [6.07, 6.45) is -1.21. The van der Waals surface area contributed by atoms with Crippen molar-refractivity contribution in [2.75, 3.05) is 11.9 Å². The molecule has 0 radical (unpaired) electrons. The van der Waals surface area contributed by atoms with Gasteiger partial charge in [0.05, 0.1) is 34.0 Å². The average molecular weight is 730 g/mol. The molecule has 5 rings (SSSR count). The predicted octanol–water partition coefficient (Wildman–Crippen LogP) is 9.55. The number of pyridine rings is 1. The van der Waals surface area contributed by atoms with E-state index in [-0.39, 0.29) is 69.3 Å². The maximum Gasteiger partial charge on any atom is 0.267 e. The maximum atomic E-state index is 16.3. The van der Waals surface area contributed by atoms with Gasteiger partial charge in [-0.15, -0.1) is 0 Å². The summed E-state index contributed by atoms with van der Waals surface area (Å²) in [6, 6.07) is 7.66. The Morgan fingerprint density at radius 3 is 2.27 bits per heavy atom. The molecule has 1 fully saturated rings. The molecule has 13 heteroatoms. The van der Waals surface area contributed by atoms with Crippen LogP contribution in [0, 0.1) is 29.9 Å². The fourth-order valence-electron chi connectivity index (χ4n) is 6.78. The van der Waals surface area contributed by atoms with Gasteiger partial charge in [0, 0.05) is 36.1 Å². The summed E-state index contributed by atoms with van der Waals surface area (Å²) in [5.74, 6) is -5.62. The highest BCUT2D eigenvalue weighted by atomic mass is 35.5. The number of anilines is 1. The van der Waals surface area contributed by atoms with Crippen molar-refractivity contribution >= 4 is 39.8 Å². The van der Waals surface area contributed by atoms with E-state index in [1.165, 1.54) is 29.7 Å². The van der Waals surface area contributed by atoms with E-state index in [1.54, 1.807) is 19.1 Å². The largest absolute Gasteiger partial charge is 0.376 e. The molecule has 1 unspecified atom stereocenters. The number of carbonyl (C=O) groups excluding carboxylic acids is 1. The number of benzene rings is 2. The number of halogens is 6. The first-order valence-electron chi connectivity index (χ1n) is 17.0. The van der Waals surface area contributed by atoms with Gasteiger partial charge in [-0.3, -0.25) is 14.2 Å². The number of hydrogen-bond donors (Lipinski definition) is 2. The number of aromatic nitrogens is 3. The summed E-state index contributed by atoms with van der Waals surface area (Å²) >= 11 is 6.67. The molecular weight excluding hydrogens is 689 g/mol. The Bertz CT molecular complexity index is 2030. The van der Waals surface area contributed by atoms with Crippen LogP contribution in [0.4, 0.5) is 27.6 Å². The Morgan fingerprint density at radius 2 is 1.69 bits per heavy atom. The molecule has 1 aliphatic carbocycles. The van der Waals surface area contributed by atoms with Gasteiger partial charge in [-0.1, -0.05) is 38.8 Å². The highest BCUT2D eigenvalue weighted by molar-refractivity contribution is 6.35. The summed E-state index contributed by atoms with van der Waals surface area (Å²) in [5, 5.41) is 12.2. The van der Waals surface area contributed by atoms with E-state index >= 15 is 4.39 Å². The molecular formula is C38H41ClF5N5O2. The van der Waals surface area contributed by atoms with E-state index in [9.17, 15) is 27.2 Å². The standard InChI is InChI=1S/C38H41ClF5N5O2/c1-6-7-28(45)32-27(39)8-9-29(33(32)46-19-22(5)50)49-35(26(20(2)3)17-23-15-24(40)18-25(41)16-23)48-34-31(36(49)51)21(4)14-30(47-34)37(42)10-12-38(43,44)13-11-37/h8-9,14-16,18,20,26,45-46H,6-7,10-13,17,19H2,1-5H3. The molecule has 1 atom stereocenters. The summed E-state index contributed by atoms with van der Waals surface area (Å²) in [5.41, 5.74) is -1.42. The molecule has 2 aromatic carbocycles. The summed E-state index contributed by atoms with van der Waals surface area (Å²) in [6.45, 7) is 8.44. The Kier molecular flexibility index (Phi) is 11.0. The van der Waals surface area contributed by atoms with Gasteiger partial charge in [0.1, 0.15) is 23.2 Å². The second kappa shape index (κ2) is 14.8. The van der Waals surface area contributed by atoms with Crippen LogP contribution in [0.2, 0.25) is 5.02 Å². The summed E-state index contributed by atoms with van der Waals surface area (Å²) < 4.78 is 74.6. The first-order valence-corrected chi connectivity index (χ1v) is 17.4. The maximum absolute atomic E-state index is 16.3. The second-order valence-electron chi connectivity index (χ2n) is 13.9. The number of carbonyl (C=O) groups is 1. The molecule has 2 N–H and O–H groups in total. The van der Waals surface area contributed by atoms with Crippen LogP contribution in [-0.2, 0) is 16.9 Å². The third-order valence-electron chi connectivity index (χ3n) is 9.50. The van der Waals surface area contributed by atoms with E-state index in [4.69, 9.17) is 22.0 Å². The molecule has 4 aromatic rings. The van der Waals surface area contributed by atoms with Gasteiger partial charge < -0.3 is 10.7 Å². The number of Topliss-reactive ketones (excluding diaryl/α,β-unsaturated/α-hetero) is 1. The van der Waals surface area contributed by atoms with Crippen molar-refractivity contribution in [2.45, 2.75) is 97.1 Å². The molecule has 7 nitrogen and oxygen atoms in total. The van der Waals surface area contributed by atoms with Gasteiger partial charge in [-0.2, -0.15) is 0 Å². The molecule has 2 aromatic heterocycles. The van der Waals surface area contributed by atoms with Gasteiger partial charge in [-0.25, -0.2) is 31.9 Å². The van der Waals surface area contributed by atoms with E-state index in [2.05, 4.69) is 10.3 Å². The third-order valence-corrected chi connectivity index (χ3v) is 9.82. The zero-order chi connectivity index (χ0) is 37.4. The lowest BCUT2D eigenvalue weighted by molar-refractivity contribution is -0.115. The van der Waals surface area contributed by atoms with Gasteiger partial charge in [0.15, 0.2) is 11.3 Å². The van der Waals surface area contributed by atoms with Gasteiger partial charge in [-0.05, 0) is 86.9 Å². The topological polar surface area (TPSA) is 101 Å². The fraction of sp³-hybridized carbons (Fsp3) is 0.447. The van der Waals surface area contributed by atoms with Crippen molar-refractivity contribution in [3.8, 4) is 5.69 Å². The summed E-state index contributed by atoms with van der Waals surface area (Å²) in [7, 11) is 0. The van der Waals surface area contributed by atoms with E-state index in [0.717, 1.165) is 6.07 Å². The molecule has 272 valence electrons. The molecule has 0 saturated heterocycles. The van der Waals surface area contributed by atoms with Crippen LogP contribution in [-0.4, -0.2) is 38.5 Å². The van der Waals surface area contributed by atoms with Crippen molar-refractivity contribution in [1.29, 1.82) is 5.41 Å². The Labute approximate surface area is 298 Å². The number of ketones is 1. The van der Waals surface area contributed by atoms with Crippen molar-refractivity contribution in [3.05, 3.63) is 91.6 Å². The van der Waals surface area contributed by atoms with Crippen molar-refractivity contribution in [1.82, 2.24) is 14.5 Å². The lowest BCUT2D eigenvalue weighted by Crippen LogP contribution is -2.34. The number of nitrogens with one attached hydrogen (secondary N) is 2. The highest BCUT2D eigenvalue weighted by Gasteiger charge is 2.46. The van der Waals surface area contributed by atoms with Gasteiger partial charge in [0.25, 0.3) is 5.56 Å². The van der Waals surface area contributed by atoms with Crippen molar-refractivity contribution in [2.24, 2.45) is 5.92 Å². The zero-order valence-electron chi connectivity index (χ0n) is 29.2. The monoisotopic (exact) mass is 729 g/mol. The van der Waals surface area contributed by atoms with E-state index in [1.807, 2.05) is 20.8 Å². The van der Waals surface area contributed by atoms with E-state index in [0.29, 0.717) is 29.5 Å². The molecule has 1 saturated carbocycles. The molecule has 51 heavy (non-hydrogen) atoms. The molecule has 0 aliphatic heterocycles. The van der Waals surface area contributed by atoms with Crippen molar-refractivity contribution < 1.29 is 26.7 Å². The van der Waals surface area contributed by atoms with Crippen molar-refractivity contribution in [3.63, 3.8) is 0 Å². The quantitative estimate of drug-likeness (QED) is 0.112. The van der Waals surface area contributed by atoms with Crippen LogP contribution in [0.1, 0.15) is 100 Å². The third kappa shape index (κ3) is 8.00. The Morgan fingerprint density at radius 1 is 1.04 bits per heavy atom. The van der Waals surface area contributed by atoms with E-state index < -0.39 is 60.4 Å². The molecule has 1 aliphatic rings. The Balaban J connectivity index is 1.85. The minimum Gasteiger partial charge on any atom is -0.376 e. The number of rotatable bonds is 12. The predicted molar refractivity (Wildman–Crippen MR) is 190 cm³/mol. The number of alkyl halides is 3. The lowest BCUT2D eigenvalue weighted by atomic mass is 9.81. The minimum absolute atomic E-state index is 0.0351. The number of nitrogens with zero attached hydrogens (tertiary/aromatic N) is 3. The van der Waals surface area contributed by atoms with Crippen LogP contribution in [0.5, 0.6) is 0 Å². The van der Waals surface area contributed by atoms with Crippen LogP contribution in [0.25, 0.3) is 16.7 Å². The Hall–Kier alpha value is -4.19. The van der Waals surface area contributed by atoms with Gasteiger partial charge in [0.2, 0.25) is 5.92 Å². The smallest absolute Gasteiger partial charge is 0.267 e. The number of fused-ring (bicyclic) bond motifs is 1. The van der Waals surface area contributed by atoms with Crippen LogP contribution < -0.4 is 10.9 Å². The zero-order valence-corrected chi connectivity index (χ0v) is 30.0. The first kappa shape index (κ1) is 38.1. The second-order valence-corrected chi connectivity index (χ2v) is 14.3. The van der Waals surface area contributed by atoms with Crippen LogP contribution in [0.3, 0.4) is 0 Å². The number of hydrogen-bond acceptors (Lipinski definition) is 6. The average Bonchev–Trinajstić information content (AvgIpc) is 3.03.